The van der Waals surface area contributed by atoms with Crippen LogP contribution in [0.3, 0.4) is 0 Å². The van der Waals surface area contributed by atoms with Crippen molar-refractivity contribution < 1.29 is 4.79 Å². The zero-order valence-electron chi connectivity index (χ0n) is 9.65. The first kappa shape index (κ1) is 11.0. The van der Waals surface area contributed by atoms with E-state index in [1.165, 1.54) is 12.8 Å². The van der Waals surface area contributed by atoms with Crippen LogP contribution >= 0.6 is 0 Å². The van der Waals surface area contributed by atoms with Crippen LogP contribution in [0.15, 0.2) is 12.1 Å². The van der Waals surface area contributed by atoms with E-state index in [4.69, 9.17) is 0 Å². The standard InChI is InChI=1S/C12H17N3O/c1-10-6-7-11(14-13-10)12(16)15-8-4-2-3-5-9-15/h6-7H,2-5,8-9H2,1H3. The Kier molecular flexibility index (Phi) is 3.49. The van der Waals surface area contributed by atoms with Gasteiger partial charge < -0.3 is 4.90 Å². The molecular formula is C12H17N3O. The largest absolute Gasteiger partial charge is 0.337 e. The minimum Gasteiger partial charge on any atom is -0.337 e. The highest BCUT2D eigenvalue weighted by atomic mass is 16.2. The van der Waals surface area contributed by atoms with Gasteiger partial charge in [0.15, 0.2) is 5.69 Å². The monoisotopic (exact) mass is 219 g/mol. The van der Waals surface area contributed by atoms with Gasteiger partial charge in [-0.25, -0.2) is 0 Å². The maximum absolute atomic E-state index is 12.1. The number of nitrogens with zero attached hydrogens (tertiary/aromatic N) is 3. The Morgan fingerprint density at radius 2 is 1.81 bits per heavy atom. The summed E-state index contributed by atoms with van der Waals surface area (Å²) in [5, 5.41) is 7.86. The van der Waals surface area contributed by atoms with E-state index in [1.54, 1.807) is 6.07 Å². The quantitative estimate of drug-likeness (QED) is 0.723. The number of hydrogen-bond acceptors (Lipinski definition) is 3. The van der Waals surface area contributed by atoms with Gasteiger partial charge in [0.2, 0.25) is 0 Å². The summed E-state index contributed by atoms with van der Waals surface area (Å²) < 4.78 is 0. The maximum atomic E-state index is 12.1. The van der Waals surface area contributed by atoms with E-state index in [2.05, 4.69) is 10.2 Å². The fourth-order valence-corrected chi connectivity index (χ4v) is 1.95. The molecule has 0 atom stereocenters. The first-order valence-corrected chi connectivity index (χ1v) is 5.87. The third-order valence-corrected chi connectivity index (χ3v) is 2.91. The molecule has 2 heterocycles. The van der Waals surface area contributed by atoms with E-state index in [0.29, 0.717) is 5.69 Å². The number of hydrogen-bond donors (Lipinski definition) is 0. The van der Waals surface area contributed by atoms with E-state index in [-0.39, 0.29) is 5.91 Å². The first-order chi connectivity index (χ1) is 7.77. The molecule has 0 saturated carbocycles. The zero-order chi connectivity index (χ0) is 11.4. The molecule has 16 heavy (non-hydrogen) atoms. The van der Waals surface area contributed by atoms with Crippen LogP contribution < -0.4 is 0 Å². The summed E-state index contributed by atoms with van der Waals surface area (Å²) in [4.78, 5) is 14.0. The van der Waals surface area contributed by atoms with Gasteiger partial charge >= 0.3 is 0 Å². The molecule has 1 amide bonds. The SMILES string of the molecule is Cc1ccc(C(=O)N2CCCCCC2)nn1. The number of likely N-dealkylation sites (tertiary alicyclic amines) is 1. The average Bonchev–Trinajstić information content (AvgIpc) is 2.57. The molecule has 0 N–H and O–H groups in total. The molecule has 2 rings (SSSR count). The summed E-state index contributed by atoms with van der Waals surface area (Å²) in [5.41, 5.74) is 1.31. The van der Waals surface area contributed by atoms with Gasteiger partial charge in [-0.2, -0.15) is 5.10 Å². The molecule has 0 spiro atoms. The molecule has 0 unspecified atom stereocenters. The number of amides is 1. The fourth-order valence-electron chi connectivity index (χ4n) is 1.95. The molecule has 0 aromatic carbocycles. The third-order valence-electron chi connectivity index (χ3n) is 2.91. The highest BCUT2D eigenvalue weighted by molar-refractivity contribution is 5.92. The van der Waals surface area contributed by atoms with Crippen LogP contribution in [-0.2, 0) is 0 Å². The molecular weight excluding hydrogens is 202 g/mol. The minimum absolute atomic E-state index is 0.0226. The van der Waals surface area contributed by atoms with Gasteiger partial charge in [-0.1, -0.05) is 12.8 Å². The van der Waals surface area contributed by atoms with Gasteiger partial charge in [0.25, 0.3) is 5.91 Å². The van der Waals surface area contributed by atoms with Crippen LogP contribution in [-0.4, -0.2) is 34.1 Å². The Balaban J connectivity index is 2.08. The summed E-state index contributed by atoms with van der Waals surface area (Å²) in [6.07, 6.45) is 4.66. The van der Waals surface area contributed by atoms with Crippen molar-refractivity contribution >= 4 is 5.91 Å². The highest BCUT2D eigenvalue weighted by Gasteiger charge is 2.18. The second-order valence-electron chi connectivity index (χ2n) is 4.27. The second-order valence-corrected chi connectivity index (χ2v) is 4.27. The van der Waals surface area contributed by atoms with Crippen LogP contribution in [0.2, 0.25) is 0 Å². The van der Waals surface area contributed by atoms with Crippen LogP contribution in [0.1, 0.15) is 41.9 Å². The minimum atomic E-state index is 0.0226. The van der Waals surface area contributed by atoms with Crippen molar-refractivity contribution in [3.63, 3.8) is 0 Å². The Labute approximate surface area is 95.7 Å². The normalized spacial score (nSPS) is 16.9. The molecule has 1 aromatic heterocycles. The van der Waals surface area contributed by atoms with Gasteiger partial charge in [-0.15, -0.1) is 5.10 Å². The summed E-state index contributed by atoms with van der Waals surface area (Å²) in [6, 6.07) is 3.59. The number of carbonyl (C=O) groups is 1. The van der Waals surface area contributed by atoms with Crippen molar-refractivity contribution in [3.05, 3.63) is 23.5 Å². The lowest BCUT2D eigenvalue weighted by molar-refractivity contribution is 0.0754. The Bertz CT molecular complexity index is 353. The average molecular weight is 219 g/mol. The summed E-state index contributed by atoms with van der Waals surface area (Å²) in [7, 11) is 0. The molecule has 86 valence electrons. The predicted molar refractivity (Wildman–Crippen MR) is 61.1 cm³/mol. The van der Waals surface area contributed by atoms with E-state index in [0.717, 1.165) is 31.6 Å². The van der Waals surface area contributed by atoms with Crippen LogP contribution in [0.5, 0.6) is 0 Å². The van der Waals surface area contributed by atoms with Crippen molar-refractivity contribution in [1.29, 1.82) is 0 Å². The van der Waals surface area contributed by atoms with Gasteiger partial charge in [-0.3, -0.25) is 4.79 Å². The first-order valence-electron chi connectivity index (χ1n) is 5.87. The van der Waals surface area contributed by atoms with Crippen LogP contribution in [0.4, 0.5) is 0 Å². The molecule has 1 aliphatic heterocycles. The number of aryl methyl sites for hydroxylation is 1. The molecule has 4 nitrogen and oxygen atoms in total. The van der Waals surface area contributed by atoms with E-state index >= 15 is 0 Å². The van der Waals surface area contributed by atoms with E-state index in [9.17, 15) is 4.79 Å². The summed E-state index contributed by atoms with van der Waals surface area (Å²) in [6.45, 7) is 3.58. The highest BCUT2D eigenvalue weighted by Crippen LogP contribution is 2.12. The number of rotatable bonds is 1. The van der Waals surface area contributed by atoms with Gasteiger partial charge in [0.05, 0.1) is 5.69 Å². The molecule has 1 aliphatic rings. The molecule has 4 heteroatoms. The lowest BCUT2D eigenvalue weighted by atomic mass is 10.2. The van der Waals surface area contributed by atoms with Gasteiger partial charge in [-0.05, 0) is 31.9 Å². The maximum Gasteiger partial charge on any atom is 0.274 e. The van der Waals surface area contributed by atoms with Crippen molar-refractivity contribution in [1.82, 2.24) is 15.1 Å². The summed E-state index contributed by atoms with van der Waals surface area (Å²) in [5.74, 6) is 0.0226. The van der Waals surface area contributed by atoms with Crippen LogP contribution in [0.25, 0.3) is 0 Å². The smallest absolute Gasteiger partial charge is 0.274 e. The second kappa shape index (κ2) is 5.05. The van der Waals surface area contributed by atoms with Gasteiger partial charge in [0.1, 0.15) is 0 Å². The lowest BCUT2D eigenvalue weighted by Gasteiger charge is -2.19. The molecule has 1 saturated heterocycles. The molecule has 0 radical (unpaired) electrons. The van der Waals surface area contributed by atoms with E-state index < -0.39 is 0 Å². The Morgan fingerprint density at radius 3 is 2.38 bits per heavy atom. The number of aromatic nitrogens is 2. The van der Waals surface area contributed by atoms with Crippen molar-refractivity contribution in [2.45, 2.75) is 32.6 Å². The molecule has 1 fully saturated rings. The Hall–Kier alpha value is -1.45. The molecule has 0 bridgehead atoms. The fraction of sp³-hybridized carbons (Fsp3) is 0.583. The Morgan fingerprint density at radius 1 is 1.12 bits per heavy atom. The van der Waals surface area contributed by atoms with Crippen molar-refractivity contribution in [3.8, 4) is 0 Å². The number of carbonyl (C=O) groups excluding carboxylic acids is 1. The lowest BCUT2D eigenvalue weighted by Crippen LogP contribution is -2.32. The van der Waals surface area contributed by atoms with Crippen molar-refractivity contribution in [2.24, 2.45) is 0 Å². The summed E-state index contributed by atoms with van der Waals surface area (Å²) >= 11 is 0. The van der Waals surface area contributed by atoms with E-state index in [1.807, 2.05) is 17.9 Å². The van der Waals surface area contributed by atoms with Crippen molar-refractivity contribution in [2.75, 3.05) is 13.1 Å². The predicted octanol–water partition coefficient (Wildman–Crippen LogP) is 1.80. The van der Waals surface area contributed by atoms with Gasteiger partial charge in [0, 0.05) is 13.1 Å². The topological polar surface area (TPSA) is 46.1 Å². The molecule has 1 aromatic rings. The molecule has 0 aliphatic carbocycles. The van der Waals surface area contributed by atoms with Crippen LogP contribution in [0, 0.1) is 6.92 Å². The zero-order valence-corrected chi connectivity index (χ0v) is 9.65. The third kappa shape index (κ3) is 2.56.